The van der Waals surface area contributed by atoms with Crippen molar-refractivity contribution in [3.63, 3.8) is 0 Å². The molecule has 0 saturated carbocycles. The highest BCUT2D eigenvalue weighted by Gasteiger charge is 1.99. The quantitative estimate of drug-likeness (QED) is 0.480. The first kappa shape index (κ1) is 20.7. The molecular formula is C20H26Cl2N2O2. The highest BCUT2D eigenvalue weighted by molar-refractivity contribution is 6.42. The van der Waals surface area contributed by atoms with Crippen LogP contribution >= 0.6 is 23.2 Å². The van der Waals surface area contributed by atoms with Crippen LogP contribution in [-0.4, -0.2) is 32.8 Å². The van der Waals surface area contributed by atoms with E-state index in [4.69, 9.17) is 32.7 Å². The first-order chi connectivity index (χ1) is 12.7. The van der Waals surface area contributed by atoms with Gasteiger partial charge in [0, 0.05) is 25.3 Å². The van der Waals surface area contributed by atoms with E-state index >= 15 is 0 Å². The van der Waals surface area contributed by atoms with E-state index in [0.29, 0.717) is 16.7 Å². The fourth-order valence-corrected chi connectivity index (χ4v) is 2.53. The molecule has 0 aliphatic heterocycles. The van der Waals surface area contributed by atoms with Crippen LogP contribution in [0.4, 0.5) is 5.69 Å². The number of ether oxygens (including phenoxy) is 2. The minimum atomic E-state index is 0.555. The van der Waals surface area contributed by atoms with Gasteiger partial charge < -0.3 is 20.1 Å². The second-order valence-corrected chi connectivity index (χ2v) is 6.64. The van der Waals surface area contributed by atoms with E-state index in [1.165, 1.54) is 0 Å². The van der Waals surface area contributed by atoms with Gasteiger partial charge in [-0.2, -0.15) is 0 Å². The van der Waals surface area contributed by atoms with Crippen LogP contribution in [0.2, 0.25) is 10.0 Å². The lowest BCUT2D eigenvalue weighted by Crippen LogP contribution is -2.26. The molecule has 0 spiro atoms. The van der Waals surface area contributed by atoms with Crippen LogP contribution in [-0.2, 0) is 0 Å². The van der Waals surface area contributed by atoms with Gasteiger partial charge in [-0.1, -0.05) is 36.5 Å². The van der Waals surface area contributed by atoms with E-state index < -0.39 is 0 Å². The zero-order chi connectivity index (χ0) is 18.6. The highest BCUT2D eigenvalue weighted by Crippen LogP contribution is 2.24. The Morgan fingerprint density at radius 3 is 2.15 bits per heavy atom. The maximum Gasteiger partial charge on any atom is 0.119 e. The van der Waals surface area contributed by atoms with E-state index in [0.717, 1.165) is 56.3 Å². The van der Waals surface area contributed by atoms with Gasteiger partial charge in [0.05, 0.1) is 16.7 Å². The van der Waals surface area contributed by atoms with E-state index in [9.17, 15) is 0 Å². The molecule has 0 unspecified atom stereocenters. The van der Waals surface area contributed by atoms with Gasteiger partial charge in [0.1, 0.15) is 18.1 Å². The molecule has 0 aliphatic carbocycles. The lowest BCUT2D eigenvalue weighted by atomic mass is 10.3. The molecule has 2 rings (SSSR count). The maximum absolute atomic E-state index is 5.98. The number of unbranched alkanes of at least 4 members (excludes halogenated alkanes) is 1. The van der Waals surface area contributed by atoms with Crippen LogP contribution in [0.1, 0.15) is 19.8 Å². The largest absolute Gasteiger partial charge is 0.494 e. The first-order valence-electron chi connectivity index (χ1n) is 8.94. The van der Waals surface area contributed by atoms with Crippen molar-refractivity contribution < 1.29 is 9.47 Å². The molecule has 2 aromatic carbocycles. The van der Waals surface area contributed by atoms with Gasteiger partial charge in [0.2, 0.25) is 0 Å². The summed E-state index contributed by atoms with van der Waals surface area (Å²) in [7, 11) is 0. The second kappa shape index (κ2) is 11.9. The number of halogens is 2. The highest BCUT2D eigenvalue weighted by atomic mass is 35.5. The van der Waals surface area contributed by atoms with Crippen LogP contribution in [0.3, 0.4) is 0 Å². The summed E-state index contributed by atoms with van der Waals surface area (Å²) in [5, 5.41) is 7.73. The summed E-state index contributed by atoms with van der Waals surface area (Å²) in [4.78, 5) is 0. The van der Waals surface area contributed by atoms with Crippen LogP contribution in [0, 0.1) is 0 Å². The molecule has 4 nitrogen and oxygen atoms in total. The topological polar surface area (TPSA) is 42.5 Å². The molecular weight excluding hydrogens is 371 g/mol. The van der Waals surface area contributed by atoms with Crippen molar-refractivity contribution >= 4 is 28.9 Å². The summed E-state index contributed by atoms with van der Waals surface area (Å²) in [6.07, 6.45) is 2.21. The molecule has 0 heterocycles. The first-order valence-corrected chi connectivity index (χ1v) is 9.70. The Labute approximate surface area is 165 Å². The molecule has 0 bridgehead atoms. The molecule has 26 heavy (non-hydrogen) atoms. The van der Waals surface area contributed by atoms with E-state index in [-0.39, 0.29) is 0 Å². The summed E-state index contributed by atoms with van der Waals surface area (Å²) in [5.41, 5.74) is 0.957. The molecule has 142 valence electrons. The molecule has 0 saturated heterocycles. The Morgan fingerprint density at radius 1 is 0.808 bits per heavy atom. The summed E-state index contributed by atoms with van der Waals surface area (Å²) < 4.78 is 11.3. The minimum Gasteiger partial charge on any atom is -0.494 e. The summed E-state index contributed by atoms with van der Waals surface area (Å²) in [6.45, 7) is 5.92. The number of hydrogen-bond acceptors (Lipinski definition) is 4. The monoisotopic (exact) mass is 396 g/mol. The van der Waals surface area contributed by atoms with Crippen molar-refractivity contribution in [2.75, 3.05) is 38.2 Å². The molecule has 2 aromatic rings. The van der Waals surface area contributed by atoms with Crippen LogP contribution in [0.5, 0.6) is 11.5 Å². The van der Waals surface area contributed by atoms with Crippen LogP contribution in [0.25, 0.3) is 0 Å². The second-order valence-electron chi connectivity index (χ2n) is 5.83. The summed E-state index contributed by atoms with van der Waals surface area (Å²) in [5.74, 6) is 1.74. The molecule has 0 fully saturated rings. The normalized spacial score (nSPS) is 10.6. The molecule has 6 heteroatoms. The average Bonchev–Trinajstić information content (AvgIpc) is 2.65. The molecule has 0 radical (unpaired) electrons. The van der Waals surface area contributed by atoms with Crippen molar-refractivity contribution in [2.24, 2.45) is 0 Å². The number of benzene rings is 2. The molecule has 0 amide bonds. The third-order valence-electron chi connectivity index (χ3n) is 3.69. The van der Waals surface area contributed by atoms with Gasteiger partial charge >= 0.3 is 0 Å². The van der Waals surface area contributed by atoms with Crippen molar-refractivity contribution in [1.82, 2.24) is 5.32 Å². The van der Waals surface area contributed by atoms with Gasteiger partial charge in [-0.05, 0) is 48.9 Å². The predicted molar refractivity (Wildman–Crippen MR) is 110 cm³/mol. The zero-order valence-electron chi connectivity index (χ0n) is 15.1. The van der Waals surface area contributed by atoms with Crippen LogP contribution in [0.15, 0.2) is 42.5 Å². The number of anilines is 1. The average molecular weight is 397 g/mol. The van der Waals surface area contributed by atoms with Crippen molar-refractivity contribution in [3.05, 3.63) is 52.5 Å². The molecule has 0 aliphatic rings. The molecule has 0 atom stereocenters. The van der Waals surface area contributed by atoms with Crippen molar-refractivity contribution in [3.8, 4) is 11.5 Å². The van der Waals surface area contributed by atoms with Crippen molar-refractivity contribution in [2.45, 2.75) is 19.8 Å². The Balaban J connectivity index is 1.54. The number of hydrogen-bond donors (Lipinski definition) is 2. The lowest BCUT2D eigenvalue weighted by molar-refractivity contribution is 0.303. The lowest BCUT2D eigenvalue weighted by Gasteiger charge is -2.10. The Hall–Kier alpha value is -1.62. The van der Waals surface area contributed by atoms with E-state index in [1.54, 1.807) is 6.07 Å². The zero-order valence-corrected chi connectivity index (χ0v) is 16.6. The molecule has 0 aromatic heterocycles. The summed E-state index contributed by atoms with van der Waals surface area (Å²) in [6, 6.07) is 13.3. The van der Waals surface area contributed by atoms with Gasteiger partial charge in [0.15, 0.2) is 0 Å². The summed E-state index contributed by atoms with van der Waals surface area (Å²) >= 11 is 11.9. The Kier molecular flexibility index (Phi) is 9.46. The van der Waals surface area contributed by atoms with Crippen molar-refractivity contribution in [1.29, 1.82) is 0 Å². The third-order valence-corrected chi connectivity index (χ3v) is 4.43. The number of nitrogens with one attached hydrogen (secondary N) is 2. The Morgan fingerprint density at radius 2 is 1.50 bits per heavy atom. The SMILES string of the molecule is CCCCOc1ccc(OCCNCCNc2ccc(Cl)c(Cl)c2)cc1. The Bertz CT molecular complexity index is 651. The van der Waals surface area contributed by atoms with Gasteiger partial charge in [-0.3, -0.25) is 0 Å². The fraction of sp³-hybridized carbons (Fsp3) is 0.400. The fourth-order valence-electron chi connectivity index (χ4n) is 2.23. The van der Waals surface area contributed by atoms with Gasteiger partial charge in [-0.15, -0.1) is 0 Å². The van der Waals surface area contributed by atoms with Gasteiger partial charge in [0.25, 0.3) is 0 Å². The third kappa shape index (κ3) is 7.73. The predicted octanol–water partition coefficient (Wildman–Crippen LogP) is 5.25. The van der Waals surface area contributed by atoms with E-state index in [1.807, 2.05) is 36.4 Å². The minimum absolute atomic E-state index is 0.555. The van der Waals surface area contributed by atoms with E-state index in [2.05, 4.69) is 17.6 Å². The number of rotatable bonds is 12. The molecule has 2 N–H and O–H groups in total. The van der Waals surface area contributed by atoms with Gasteiger partial charge in [-0.25, -0.2) is 0 Å². The maximum atomic E-state index is 5.98. The smallest absolute Gasteiger partial charge is 0.119 e. The van der Waals surface area contributed by atoms with Crippen LogP contribution < -0.4 is 20.1 Å². The standard InChI is InChI=1S/C20H26Cl2N2O2/c1-2-3-13-25-17-5-7-18(8-6-17)26-14-12-23-10-11-24-16-4-9-19(21)20(22)15-16/h4-9,15,23-24H,2-3,10-14H2,1H3.